The molecule has 2 aromatic rings. The second-order valence-corrected chi connectivity index (χ2v) is 7.98. The van der Waals surface area contributed by atoms with Crippen molar-refractivity contribution in [3.8, 4) is 0 Å². The topological polar surface area (TPSA) is 63.1 Å². The Bertz CT molecular complexity index is 744. The van der Waals surface area contributed by atoms with E-state index in [-0.39, 0.29) is 18.3 Å². The van der Waals surface area contributed by atoms with E-state index in [1.807, 2.05) is 11.0 Å². The molecule has 1 saturated heterocycles. The molecule has 0 bridgehead atoms. The maximum Gasteiger partial charge on any atom is 0.263 e. The molecule has 0 radical (unpaired) electrons. The SMILES string of the molecule is Cc1cc(C(=O)N2CCC(c3nnc4n3CCNC4)CC2)sc1C.Cl. The van der Waals surface area contributed by atoms with Gasteiger partial charge in [-0.3, -0.25) is 4.79 Å². The van der Waals surface area contributed by atoms with Crippen LogP contribution in [0.3, 0.4) is 0 Å². The third-order valence-electron chi connectivity index (χ3n) is 5.18. The number of fused-ring (bicyclic) bond motifs is 1. The van der Waals surface area contributed by atoms with Gasteiger partial charge in [-0.05, 0) is 38.3 Å². The number of carbonyl (C=O) groups excluding carboxylic acids is 1. The monoisotopic (exact) mass is 381 g/mol. The average Bonchev–Trinajstić information content (AvgIpc) is 3.18. The number of likely N-dealkylation sites (tertiary alicyclic amines) is 1. The standard InChI is InChI=1S/C17H23N5OS.ClH/c1-11-9-14(24-12(11)2)17(23)21-6-3-13(4-7-21)16-20-19-15-10-18-5-8-22(15)16;/h9,13,18H,3-8,10H2,1-2H3;1H. The highest BCUT2D eigenvalue weighted by Gasteiger charge is 2.29. The quantitative estimate of drug-likeness (QED) is 0.868. The minimum absolute atomic E-state index is 0. The molecule has 1 N–H and O–H groups in total. The molecule has 0 saturated carbocycles. The minimum Gasteiger partial charge on any atom is -0.338 e. The first-order chi connectivity index (χ1) is 11.6. The smallest absolute Gasteiger partial charge is 0.263 e. The Balaban J connectivity index is 0.00000182. The summed E-state index contributed by atoms with van der Waals surface area (Å²) in [6.45, 7) is 8.49. The molecule has 0 unspecified atom stereocenters. The van der Waals surface area contributed by atoms with E-state index in [0.29, 0.717) is 5.92 Å². The van der Waals surface area contributed by atoms with E-state index in [4.69, 9.17) is 0 Å². The molecule has 6 nitrogen and oxygen atoms in total. The van der Waals surface area contributed by atoms with Crippen molar-refractivity contribution in [3.63, 3.8) is 0 Å². The lowest BCUT2D eigenvalue weighted by Gasteiger charge is -2.31. The van der Waals surface area contributed by atoms with Crippen LogP contribution in [0.1, 0.15) is 50.5 Å². The van der Waals surface area contributed by atoms with Crippen molar-refractivity contribution in [1.29, 1.82) is 0 Å². The van der Waals surface area contributed by atoms with Crippen molar-refractivity contribution in [2.45, 2.75) is 45.7 Å². The second kappa shape index (κ2) is 7.43. The summed E-state index contributed by atoms with van der Waals surface area (Å²) in [5.74, 6) is 2.75. The van der Waals surface area contributed by atoms with Gasteiger partial charge >= 0.3 is 0 Å². The Morgan fingerprint density at radius 3 is 2.68 bits per heavy atom. The van der Waals surface area contributed by atoms with Gasteiger partial charge in [-0.25, -0.2) is 0 Å². The number of hydrogen-bond acceptors (Lipinski definition) is 5. The molecule has 0 spiro atoms. The largest absolute Gasteiger partial charge is 0.338 e. The maximum atomic E-state index is 12.7. The molecular formula is C17H24ClN5OS. The van der Waals surface area contributed by atoms with E-state index in [1.165, 1.54) is 10.4 Å². The molecule has 1 fully saturated rings. The summed E-state index contributed by atoms with van der Waals surface area (Å²) in [5, 5.41) is 12.1. The molecule has 136 valence electrons. The van der Waals surface area contributed by atoms with Gasteiger partial charge in [0.2, 0.25) is 0 Å². The number of aryl methyl sites for hydroxylation is 2. The van der Waals surface area contributed by atoms with Crippen LogP contribution >= 0.6 is 23.7 Å². The van der Waals surface area contributed by atoms with E-state index in [9.17, 15) is 4.79 Å². The van der Waals surface area contributed by atoms with Gasteiger partial charge in [-0.2, -0.15) is 0 Å². The predicted molar refractivity (Wildman–Crippen MR) is 101 cm³/mol. The molecular weight excluding hydrogens is 358 g/mol. The second-order valence-electron chi connectivity index (χ2n) is 6.72. The van der Waals surface area contributed by atoms with Crippen LogP contribution in [-0.2, 0) is 13.1 Å². The predicted octanol–water partition coefficient (Wildman–Crippen LogP) is 2.50. The first-order valence-corrected chi connectivity index (χ1v) is 9.44. The summed E-state index contributed by atoms with van der Waals surface area (Å²) in [5.41, 5.74) is 1.21. The highest BCUT2D eigenvalue weighted by molar-refractivity contribution is 7.14. The fraction of sp³-hybridized carbons (Fsp3) is 0.588. The van der Waals surface area contributed by atoms with Gasteiger partial charge in [-0.1, -0.05) is 0 Å². The number of hydrogen-bond donors (Lipinski definition) is 1. The third-order valence-corrected chi connectivity index (χ3v) is 6.32. The zero-order valence-corrected chi connectivity index (χ0v) is 16.3. The number of thiophene rings is 1. The molecule has 8 heteroatoms. The number of aromatic nitrogens is 3. The van der Waals surface area contributed by atoms with E-state index in [2.05, 4.69) is 33.9 Å². The lowest BCUT2D eigenvalue weighted by molar-refractivity contribution is 0.0715. The zero-order chi connectivity index (χ0) is 16.7. The highest BCUT2D eigenvalue weighted by Crippen LogP contribution is 2.30. The molecule has 0 aromatic carbocycles. The van der Waals surface area contributed by atoms with Crippen LogP contribution in [-0.4, -0.2) is 45.2 Å². The van der Waals surface area contributed by atoms with Gasteiger partial charge in [0.1, 0.15) is 11.6 Å². The maximum absolute atomic E-state index is 12.7. The Labute approximate surface area is 158 Å². The van der Waals surface area contributed by atoms with Crippen molar-refractivity contribution >= 4 is 29.7 Å². The van der Waals surface area contributed by atoms with Crippen LogP contribution < -0.4 is 5.32 Å². The van der Waals surface area contributed by atoms with E-state index in [1.54, 1.807) is 11.3 Å². The van der Waals surface area contributed by atoms with E-state index >= 15 is 0 Å². The summed E-state index contributed by atoms with van der Waals surface area (Å²) in [7, 11) is 0. The fourth-order valence-corrected chi connectivity index (χ4v) is 4.59. The summed E-state index contributed by atoms with van der Waals surface area (Å²) in [6.07, 6.45) is 1.95. The summed E-state index contributed by atoms with van der Waals surface area (Å²) < 4.78 is 2.27. The molecule has 4 rings (SSSR count). The Kier molecular flexibility index (Phi) is 5.46. The Hall–Kier alpha value is -1.44. The van der Waals surface area contributed by atoms with Crippen LogP contribution in [0.5, 0.6) is 0 Å². The summed E-state index contributed by atoms with van der Waals surface area (Å²) >= 11 is 1.61. The third kappa shape index (κ3) is 3.45. The number of nitrogens with one attached hydrogen (secondary N) is 1. The lowest BCUT2D eigenvalue weighted by Crippen LogP contribution is -2.38. The van der Waals surface area contributed by atoms with Crippen LogP contribution in [0.25, 0.3) is 0 Å². The number of piperidine rings is 1. The highest BCUT2D eigenvalue weighted by atomic mass is 35.5. The number of rotatable bonds is 2. The van der Waals surface area contributed by atoms with Crippen LogP contribution in [0, 0.1) is 13.8 Å². The Morgan fingerprint density at radius 2 is 2.00 bits per heavy atom. The van der Waals surface area contributed by atoms with Crippen molar-refractivity contribution in [2.75, 3.05) is 19.6 Å². The van der Waals surface area contributed by atoms with Gasteiger partial charge < -0.3 is 14.8 Å². The molecule has 0 atom stereocenters. The van der Waals surface area contributed by atoms with Crippen LogP contribution in [0.15, 0.2) is 6.07 Å². The Morgan fingerprint density at radius 1 is 1.24 bits per heavy atom. The van der Waals surface area contributed by atoms with Gasteiger partial charge in [-0.15, -0.1) is 33.9 Å². The average molecular weight is 382 g/mol. The zero-order valence-electron chi connectivity index (χ0n) is 14.6. The molecule has 1 amide bonds. The lowest BCUT2D eigenvalue weighted by atomic mass is 9.95. The van der Waals surface area contributed by atoms with Gasteiger partial charge in [0.15, 0.2) is 0 Å². The summed E-state index contributed by atoms with van der Waals surface area (Å²) in [6, 6.07) is 2.02. The van der Waals surface area contributed by atoms with Crippen LogP contribution in [0.2, 0.25) is 0 Å². The summed E-state index contributed by atoms with van der Waals surface area (Å²) in [4.78, 5) is 16.8. The molecule has 4 heterocycles. The number of nitrogens with zero attached hydrogens (tertiary/aromatic N) is 4. The molecule has 2 aliphatic rings. The van der Waals surface area contributed by atoms with E-state index in [0.717, 1.165) is 62.1 Å². The first-order valence-electron chi connectivity index (χ1n) is 8.62. The van der Waals surface area contributed by atoms with Gasteiger partial charge in [0.05, 0.1) is 11.4 Å². The van der Waals surface area contributed by atoms with Gasteiger partial charge in [0, 0.05) is 37.0 Å². The number of halogens is 1. The van der Waals surface area contributed by atoms with E-state index < -0.39 is 0 Å². The molecule has 25 heavy (non-hydrogen) atoms. The van der Waals surface area contributed by atoms with Crippen molar-refractivity contribution < 1.29 is 4.79 Å². The first kappa shape index (κ1) is 18.4. The van der Waals surface area contributed by atoms with Crippen LogP contribution in [0.4, 0.5) is 0 Å². The van der Waals surface area contributed by atoms with Crippen molar-refractivity contribution in [1.82, 2.24) is 25.0 Å². The number of amides is 1. The number of carbonyl (C=O) groups is 1. The van der Waals surface area contributed by atoms with Crippen molar-refractivity contribution in [3.05, 3.63) is 33.0 Å². The molecule has 2 aliphatic heterocycles. The molecule has 2 aromatic heterocycles. The minimum atomic E-state index is 0. The normalized spacial score (nSPS) is 17.9. The van der Waals surface area contributed by atoms with Crippen molar-refractivity contribution in [2.24, 2.45) is 0 Å². The fourth-order valence-electron chi connectivity index (χ4n) is 3.59. The van der Waals surface area contributed by atoms with Gasteiger partial charge in [0.25, 0.3) is 5.91 Å². The molecule has 0 aliphatic carbocycles.